The maximum atomic E-state index is 13.5. The maximum Gasteiger partial charge on any atom is 0.152 e. The van der Waals surface area contributed by atoms with Crippen molar-refractivity contribution in [3.63, 3.8) is 0 Å². The van der Waals surface area contributed by atoms with Crippen LogP contribution >= 0.6 is 15.9 Å². The molecule has 0 saturated heterocycles. The summed E-state index contributed by atoms with van der Waals surface area (Å²) in [5, 5.41) is 4.20. The highest BCUT2D eigenvalue weighted by Crippen LogP contribution is 2.40. The zero-order valence-electron chi connectivity index (χ0n) is 23.1. The molecule has 8 nitrogen and oxygen atoms in total. The minimum absolute atomic E-state index is 0.00811. The Morgan fingerprint density at radius 3 is 2.74 bits per heavy atom. The lowest BCUT2D eigenvalue weighted by Crippen LogP contribution is -2.27. The van der Waals surface area contributed by atoms with Crippen molar-refractivity contribution >= 4 is 48.2 Å². The number of sulfone groups is 1. The first-order valence-electron chi connectivity index (χ1n) is 13.6. The molecule has 11 heteroatoms. The molecule has 0 saturated carbocycles. The Labute approximate surface area is 253 Å². The van der Waals surface area contributed by atoms with Gasteiger partial charge in [0.15, 0.2) is 9.84 Å². The average Bonchev–Trinajstić information content (AvgIpc) is 3.47. The van der Waals surface area contributed by atoms with Gasteiger partial charge in [0, 0.05) is 29.7 Å². The molecule has 0 fully saturated rings. The molecular formula is C31H31BrFN3O5S. The molecule has 1 N–H and O–H groups in total. The van der Waals surface area contributed by atoms with E-state index in [9.17, 15) is 12.8 Å². The van der Waals surface area contributed by atoms with Crippen LogP contribution in [0, 0.1) is 5.82 Å². The van der Waals surface area contributed by atoms with Crippen LogP contribution in [0.25, 0.3) is 10.9 Å². The number of benzene rings is 3. The topological polar surface area (TPSA) is 99.6 Å². The van der Waals surface area contributed by atoms with Crippen LogP contribution in [0.1, 0.15) is 30.9 Å². The number of anilines is 2. The maximum absolute atomic E-state index is 13.5. The van der Waals surface area contributed by atoms with Crippen LogP contribution in [0.3, 0.4) is 0 Å². The van der Waals surface area contributed by atoms with Crippen molar-refractivity contribution in [1.29, 1.82) is 0 Å². The molecule has 3 aromatic carbocycles. The van der Waals surface area contributed by atoms with E-state index in [1.165, 1.54) is 18.5 Å². The molecule has 1 atom stereocenters. The van der Waals surface area contributed by atoms with Crippen LogP contribution in [-0.4, -0.2) is 43.1 Å². The van der Waals surface area contributed by atoms with Gasteiger partial charge in [0.2, 0.25) is 0 Å². The van der Waals surface area contributed by atoms with Crippen LogP contribution in [-0.2, 0) is 31.5 Å². The Hall–Kier alpha value is -3.54. The summed E-state index contributed by atoms with van der Waals surface area (Å²) >= 11 is 3.57. The summed E-state index contributed by atoms with van der Waals surface area (Å²) < 4.78 is 55.4. The predicted octanol–water partition coefficient (Wildman–Crippen LogP) is 6.82. The molecule has 0 spiro atoms. The molecule has 2 heterocycles. The van der Waals surface area contributed by atoms with E-state index >= 15 is 0 Å². The second-order valence-corrected chi connectivity index (χ2v) is 13.3. The first kappa shape index (κ1) is 29.9. The van der Waals surface area contributed by atoms with Gasteiger partial charge < -0.3 is 19.5 Å². The van der Waals surface area contributed by atoms with Crippen LogP contribution in [0.2, 0.25) is 0 Å². The van der Waals surface area contributed by atoms with E-state index in [1.54, 1.807) is 19.3 Å². The van der Waals surface area contributed by atoms with Crippen molar-refractivity contribution in [1.82, 2.24) is 9.97 Å². The molecule has 42 heavy (non-hydrogen) atoms. The summed E-state index contributed by atoms with van der Waals surface area (Å²) in [5.74, 6) is 1.07. The number of nitrogens with one attached hydrogen (secondary N) is 1. The molecule has 5 rings (SSSR count). The minimum atomic E-state index is -3.07. The smallest absolute Gasteiger partial charge is 0.152 e. The molecule has 0 radical (unpaired) electrons. The van der Waals surface area contributed by atoms with E-state index in [0.29, 0.717) is 31.0 Å². The fourth-order valence-electron chi connectivity index (χ4n) is 4.69. The molecular weight excluding hydrogens is 625 g/mol. The highest BCUT2D eigenvalue weighted by molar-refractivity contribution is 9.10. The molecule has 1 aromatic heterocycles. The Kier molecular flexibility index (Phi) is 9.40. The van der Waals surface area contributed by atoms with Crippen LogP contribution < -0.4 is 10.1 Å². The minimum Gasteiger partial charge on any atom is -0.490 e. The second-order valence-electron chi connectivity index (χ2n) is 9.93. The molecule has 1 aliphatic heterocycles. The largest absolute Gasteiger partial charge is 0.490 e. The molecule has 0 amide bonds. The number of nitrogens with zero attached hydrogens (tertiary/aromatic N) is 2. The molecule has 220 valence electrons. The summed E-state index contributed by atoms with van der Waals surface area (Å²) in [5.41, 5.74) is 2.61. The summed E-state index contributed by atoms with van der Waals surface area (Å²) in [6.45, 7) is 2.39. The lowest BCUT2D eigenvalue weighted by Gasteiger charge is -2.29. The quantitative estimate of drug-likeness (QED) is 0.157. The van der Waals surface area contributed by atoms with E-state index in [4.69, 9.17) is 14.2 Å². The lowest BCUT2D eigenvalue weighted by molar-refractivity contribution is 0.00280. The summed E-state index contributed by atoms with van der Waals surface area (Å²) in [4.78, 5) is 8.94. The second kappa shape index (κ2) is 13.2. The van der Waals surface area contributed by atoms with Gasteiger partial charge in [0.05, 0.1) is 35.2 Å². The van der Waals surface area contributed by atoms with Crippen LogP contribution in [0.4, 0.5) is 15.9 Å². The van der Waals surface area contributed by atoms with Crippen LogP contribution in [0.15, 0.2) is 83.8 Å². The SMILES string of the molecule is CCS(=O)(=O)CCOCCC1(c2ccc3ncnc(Nc4ccc(OCc5cccc(F)c5)c(Br)c4)c3c2)CC=CO1. The lowest BCUT2D eigenvalue weighted by atomic mass is 9.87. The zero-order valence-corrected chi connectivity index (χ0v) is 25.5. The van der Waals surface area contributed by atoms with E-state index < -0.39 is 15.4 Å². The van der Waals surface area contributed by atoms with Crippen molar-refractivity contribution in [2.45, 2.75) is 32.0 Å². The summed E-state index contributed by atoms with van der Waals surface area (Å²) in [6.07, 6.45) is 6.40. The van der Waals surface area contributed by atoms with Gasteiger partial charge in [0.25, 0.3) is 0 Å². The third kappa shape index (κ3) is 7.26. The van der Waals surface area contributed by atoms with Gasteiger partial charge in [-0.3, -0.25) is 0 Å². The Balaban J connectivity index is 1.30. The van der Waals surface area contributed by atoms with Crippen molar-refractivity contribution in [3.05, 3.63) is 101 Å². The predicted molar refractivity (Wildman–Crippen MR) is 164 cm³/mol. The normalized spacial score (nSPS) is 16.5. The fraction of sp³-hybridized carbons (Fsp3) is 0.290. The number of aromatic nitrogens is 2. The number of halogens is 2. The molecule has 0 bridgehead atoms. The number of ether oxygens (including phenoxy) is 3. The summed E-state index contributed by atoms with van der Waals surface area (Å²) in [7, 11) is -3.07. The summed E-state index contributed by atoms with van der Waals surface area (Å²) in [6, 6.07) is 17.9. The molecule has 0 aliphatic carbocycles. The number of hydrogen-bond acceptors (Lipinski definition) is 8. The van der Waals surface area contributed by atoms with Gasteiger partial charge in [-0.1, -0.05) is 25.1 Å². The van der Waals surface area contributed by atoms with Gasteiger partial charge >= 0.3 is 0 Å². The van der Waals surface area contributed by atoms with E-state index in [0.717, 1.165) is 32.2 Å². The third-order valence-corrected chi connectivity index (χ3v) is 9.39. The number of rotatable bonds is 13. The molecule has 4 aromatic rings. The molecule has 1 unspecified atom stereocenters. The standard InChI is InChI=1S/C31H31BrFN3O5S/c1-2-42(37,38)16-15-39-14-12-31(11-4-13-41-31)23-7-9-28-26(18-23)30(35-21-34-28)36-25-8-10-29(27(32)19-25)40-20-22-5-3-6-24(33)17-22/h3-10,13,17-19,21H,2,11-12,14-16,20H2,1H3,(H,34,35,36). The monoisotopic (exact) mass is 655 g/mol. The van der Waals surface area contributed by atoms with Crippen molar-refractivity contribution in [2.24, 2.45) is 0 Å². The molecule has 1 aliphatic rings. The van der Waals surface area contributed by atoms with Crippen LogP contribution in [0.5, 0.6) is 5.75 Å². The van der Waals surface area contributed by atoms with Gasteiger partial charge in [-0.15, -0.1) is 0 Å². The van der Waals surface area contributed by atoms with E-state index in [2.05, 4.69) is 31.2 Å². The third-order valence-electron chi connectivity index (χ3n) is 7.11. The van der Waals surface area contributed by atoms with Gasteiger partial charge in [-0.2, -0.15) is 0 Å². The number of hydrogen-bond donors (Lipinski definition) is 1. The highest BCUT2D eigenvalue weighted by Gasteiger charge is 2.35. The van der Waals surface area contributed by atoms with Crippen molar-refractivity contribution in [3.8, 4) is 5.75 Å². The van der Waals surface area contributed by atoms with Crippen molar-refractivity contribution in [2.75, 3.05) is 30.0 Å². The first-order valence-corrected chi connectivity index (χ1v) is 16.2. The Morgan fingerprint density at radius 2 is 1.98 bits per heavy atom. The van der Waals surface area contributed by atoms with Gasteiger partial charge in [0.1, 0.15) is 35.9 Å². The highest BCUT2D eigenvalue weighted by atomic mass is 79.9. The van der Waals surface area contributed by atoms with Crippen molar-refractivity contribution < 1.29 is 27.0 Å². The average molecular weight is 657 g/mol. The van der Waals surface area contributed by atoms with E-state index in [1.807, 2.05) is 48.5 Å². The van der Waals surface area contributed by atoms with Gasteiger partial charge in [-0.25, -0.2) is 22.8 Å². The number of fused-ring (bicyclic) bond motifs is 1. The Bertz CT molecular complexity index is 1690. The fourth-order valence-corrected chi connectivity index (χ4v) is 5.84. The van der Waals surface area contributed by atoms with E-state index in [-0.39, 0.29) is 30.5 Å². The first-order chi connectivity index (χ1) is 20.3. The zero-order chi connectivity index (χ0) is 29.6. The van der Waals surface area contributed by atoms with Gasteiger partial charge in [-0.05, 0) is 75.6 Å². The Morgan fingerprint density at radius 1 is 1.10 bits per heavy atom.